The molecule has 2 heterocycles. The molecule has 1 aliphatic heterocycles. The van der Waals surface area contributed by atoms with Gasteiger partial charge in [0.15, 0.2) is 0 Å². The van der Waals surface area contributed by atoms with Gasteiger partial charge in [0.2, 0.25) is 11.8 Å². The number of amides is 1. The summed E-state index contributed by atoms with van der Waals surface area (Å²) >= 11 is 0. The van der Waals surface area contributed by atoms with Crippen molar-refractivity contribution >= 4 is 30.7 Å². The van der Waals surface area contributed by atoms with Crippen LogP contribution in [0.5, 0.6) is 0 Å². The van der Waals surface area contributed by atoms with E-state index in [0.29, 0.717) is 23.7 Å². The van der Waals surface area contributed by atoms with Gasteiger partial charge >= 0.3 is 0 Å². The average Bonchev–Trinajstić information content (AvgIpc) is 2.97. The highest BCUT2D eigenvalue weighted by Gasteiger charge is 2.23. The number of rotatable bonds is 3. The Morgan fingerprint density at radius 2 is 2.08 bits per heavy atom. The standard InChI is InChI=1S/C16H18FN3O2.2ClH/c1-11-9-18-6-7-20(11)15(21)8-14-10-22-16(19-14)12-2-4-13(17)5-3-12;;/h2-5,10-11,18H,6-9H2,1H3;2*1H. The highest BCUT2D eigenvalue weighted by atomic mass is 35.5. The van der Waals surface area contributed by atoms with E-state index in [0.717, 1.165) is 13.1 Å². The SMILES string of the molecule is CC1CNCCN1C(=O)Cc1coc(-c2ccc(F)cc2)n1.Cl.Cl. The van der Waals surface area contributed by atoms with Crippen molar-refractivity contribution in [1.82, 2.24) is 15.2 Å². The molecule has 0 aliphatic carbocycles. The fourth-order valence-corrected chi connectivity index (χ4v) is 2.58. The number of nitrogens with zero attached hydrogens (tertiary/aromatic N) is 2. The van der Waals surface area contributed by atoms with Gasteiger partial charge in [-0.15, -0.1) is 24.8 Å². The zero-order valence-corrected chi connectivity index (χ0v) is 14.8. The van der Waals surface area contributed by atoms with Gasteiger partial charge in [-0.25, -0.2) is 9.37 Å². The zero-order chi connectivity index (χ0) is 15.5. The minimum atomic E-state index is -0.307. The number of carbonyl (C=O) groups excluding carboxylic acids is 1. The second-order valence-electron chi connectivity index (χ2n) is 5.47. The quantitative estimate of drug-likeness (QED) is 0.895. The van der Waals surface area contributed by atoms with Gasteiger partial charge in [0.1, 0.15) is 12.1 Å². The van der Waals surface area contributed by atoms with Crippen molar-refractivity contribution in [2.45, 2.75) is 19.4 Å². The molecule has 0 radical (unpaired) electrons. The molecule has 8 heteroatoms. The van der Waals surface area contributed by atoms with Crippen LogP contribution in [0.4, 0.5) is 4.39 Å². The molecule has 0 saturated carbocycles. The van der Waals surface area contributed by atoms with Crippen molar-refractivity contribution in [2.24, 2.45) is 0 Å². The van der Waals surface area contributed by atoms with Crippen LogP contribution >= 0.6 is 24.8 Å². The second kappa shape index (κ2) is 9.01. The van der Waals surface area contributed by atoms with Gasteiger partial charge in [-0.2, -0.15) is 0 Å². The Labute approximate surface area is 152 Å². The van der Waals surface area contributed by atoms with E-state index >= 15 is 0 Å². The van der Waals surface area contributed by atoms with Crippen molar-refractivity contribution in [1.29, 1.82) is 0 Å². The molecule has 1 saturated heterocycles. The Bertz CT molecular complexity index is 664. The van der Waals surface area contributed by atoms with Gasteiger partial charge in [-0.3, -0.25) is 4.79 Å². The first-order valence-corrected chi connectivity index (χ1v) is 7.34. The number of carbonyl (C=O) groups is 1. The van der Waals surface area contributed by atoms with Gasteiger partial charge in [0.25, 0.3) is 0 Å². The molecule has 1 amide bonds. The molecule has 1 N–H and O–H groups in total. The lowest BCUT2D eigenvalue weighted by atomic mass is 10.2. The third-order valence-electron chi connectivity index (χ3n) is 3.80. The normalized spacial score (nSPS) is 16.9. The van der Waals surface area contributed by atoms with E-state index < -0.39 is 0 Å². The predicted molar refractivity (Wildman–Crippen MR) is 94.1 cm³/mol. The first-order valence-electron chi connectivity index (χ1n) is 7.34. The Hall–Kier alpha value is -1.63. The lowest BCUT2D eigenvalue weighted by Crippen LogP contribution is -2.52. The van der Waals surface area contributed by atoms with Gasteiger partial charge in [0.05, 0.1) is 12.1 Å². The van der Waals surface area contributed by atoms with Crippen LogP contribution in [0.15, 0.2) is 34.9 Å². The van der Waals surface area contributed by atoms with Gasteiger partial charge < -0.3 is 14.6 Å². The zero-order valence-electron chi connectivity index (χ0n) is 13.2. The molecular weight excluding hydrogens is 356 g/mol. The number of piperazine rings is 1. The number of nitrogens with one attached hydrogen (secondary N) is 1. The molecule has 1 aromatic carbocycles. The molecule has 0 spiro atoms. The number of benzene rings is 1. The molecule has 1 aliphatic rings. The number of oxazole rings is 1. The Balaban J connectivity index is 0.00000144. The van der Waals surface area contributed by atoms with Crippen LogP contribution in [0, 0.1) is 5.82 Å². The maximum Gasteiger partial charge on any atom is 0.229 e. The van der Waals surface area contributed by atoms with Crippen LogP contribution in [0.1, 0.15) is 12.6 Å². The van der Waals surface area contributed by atoms with E-state index in [2.05, 4.69) is 10.3 Å². The molecule has 24 heavy (non-hydrogen) atoms. The minimum Gasteiger partial charge on any atom is -0.444 e. The van der Waals surface area contributed by atoms with E-state index in [1.54, 1.807) is 12.1 Å². The first kappa shape index (κ1) is 20.4. The van der Waals surface area contributed by atoms with Crippen molar-refractivity contribution in [3.8, 4) is 11.5 Å². The lowest BCUT2D eigenvalue weighted by Gasteiger charge is -2.33. The molecule has 1 atom stereocenters. The second-order valence-corrected chi connectivity index (χ2v) is 5.47. The largest absolute Gasteiger partial charge is 0.444 e. The monoisotopic (exact) mass is 375 g/mol. The minimum absolute atomic E-state index is 0. The summed E-state index contributed by atoms with van der Waals surface area (Å²) < 4.78 is 18.3. The summed E-state index contributed by atoms with van der Waals surface area (Å²) in [4.78, 5) is 18.5. The van der Waals surface area contributed by atoms with E-state index in [-0.39, 0.29) is 49.0 Å². The van der Waals surface area contributed by atoms with Crippen LogP contribution in [0.2, 0.25) is 0 Å². The van der Waals surface area contributed by atoms with Crippen molar-refractivity contribution in [2.75, 3.05) is 19.6 Å². The summed E-state index contributed by atoms with van der Waals surface area (Å²) in [6.07, 6.45) is 1.71. The lowest BCUT2D eigenvalue weighted by molar-refractivity contribution is -0.133. The average molecular weight is 376 g/mol. The number of aromatic nitrogens is 1. The Kier molecular flexibility index (Phi) is 7.66. The van der Waals surface area contributed by atoms with Crippen molar-refractivity contribution < 1.29 is 13.6 Å². The number of hydrogen-bond donors (Lipinski definition) is 1. The van der Waals surface area contributed by atoms with Crippen LogP contribution in [0.25, 0.3) is 11.5 Å². The third-order valence-corrected chi connectivity index (χ3v) is 3.80. The first-order chi connectivity index (χ1) is 10.6. The fourth-order valence-electron chi connectivity index (χ4n) is 2.58. The van der Waals surface area contributed by atoms with Gasteiger partial charge in [-0.05, 0) is 31.2 Å². The summed E-state index contributed by atoms with van der Waals surface area (Å²) in [5.41, 5.74) is 1.28. The van der Waals surface area contributed by atoms with Crippen molar-refractivity contribution in [3.05, 3.63) is 42.0 Å². The Morgan fingerprint density at radius 1 is 1.38 bits per heavy atom. The van der Waals surface area contributed by atoms with E-state index in [1.807, 2.05) is 11.8 Å². The van der Waals surface area contributed by atoms with Crippen LogP contribution in [-0.4, -0.2) is 41.5 Å². The molecule has 5 nitrogen and oxygen atoms in total. The highest BCUT2D eigenvalue weighted by molar-refractivity contribution is 5.85. The van der Waals surface area contributed by atoms with Gasteiger partial charge in [0, 0.05) is 31.2 Å². The molecule has 132 valence electrons. The summed E-state index contributed by atoms with van der Waals surface area (Å²) in [7, 11) is 0. The smallest absolute Gasteiger partial charge is 0.229 e. The Morgan fingerprint density at radius 3 is 2.75 bits per heavy atom. The summed E-state index contributed by atoms with van der Waals surface area (Å²) in [6, 6.07) is 6.10. The van der Waals surface area contributed by atoms with E-state index in [9.17, 15) is 9.18 Å². The maximum atomic E-state index is 12.9. The summed E-state index contributed by atoms with van der Waals surface area (Å²) in [5, 5.41) is 3.25. The van der Waals surface area contributed by atoms with Crippen LogP contribution in [0.3, 0.4) is 0 Å². The predicted octanol–water partition coefficient (Wildman–Crippen LogP) is 2.69. The molecule has 1 fully saturated rings. The van der Waals surface area contributed by atoms with E-state index in [1.165, 1.54) is 18.4 Å². The number of halogens is 3. The fraction of sp³-hybridized carbons (Fsp3) is 0.375. The van der Waals surface area contributed by atoms with Gasteiger partial charge in [-0.1, -0.05) is 0 Å². The maximum absolute atomic E-state index is 12.9. The molecule has 0 bridgehead atoms. The number of hydrogen-bond acceptors (Lipinski definition) is 4. The molecule has 1 unspecified atom stereocenters. The van der Waals surface area contributed by atoms with Crippen LogP contribution in [-0.2, 0) is 11.2 Å². The molecule has 2 aromatic rings. The molecule has 1 aromatic heterocycles. The summed E-state index contributed by atoms with van der Waals surface area (Å²) in [6.45, 7) is 4.36. The molecule has 3 rings (SSSR count). The summed E-state index contributed by atoms with van der Waals surface area (Å²) in [5.74, 6) is 0.141. The topological polar surface area (TPSA) is 58.4 Å². The van der Waals surface area contributed by atoms with E-state index in [4.69, 9.17) is 4.42 Å². The van der Waals surface area contributed by atoms with Crippen molar-refractivity contribution in [3.63, 3.8) is 0 Å². The third kappa shape index (κ3) is 4.69. The molecular formula is C16H20Cl2FN3O2. The highest BCUT2D eigenvalue weighted by Crippen LogP contribution is 2.19. The van der Waals surface area contributed by atoms with Crippen LogP contribution < -0.4 is 5.32 Å².